The fourth-order valence-electron chi connectivity index (χ4n) is 3.99. The van der Waals surface area contributed by atoms with Crippen LogP contribution in [0.3, 0.4) is 0 Å². The van der Waals surface area contributed by atoms with E-state index >= 15 is 0 Å². The van der Waals surface area contributed by atoms with Crippen LogP contribution in [0.2, 0.25) is 5.02 Å². The number of pyridine rings is 1. The molecule has 1 aromatic heterocycles. The Balaban J connectivity index is 1.58. The van der Waals surface area contributed by atoms with Crippen LogP contribution >= 0.6 is 11.6 Å². The van der Waals surface area contributed by atoms with Gasteiger partial charge in [-0.25, -0.2) is 8.96 Å². The summed E-state index contributed by atoms with van der Waals surface area (Å²) in [6.45, 7) is 2.12. The molecule has 1 unspecified atom stereocenters. The number of ketones is 2. The summed E-state index contributed by atoms with van der Waals surface area (Å²) in [7, 11) is 0. The zero-order chi connectivity index (χ0) is 20.5. The van der Waals surface area contributed by atoms with E-state index in [4.69, 9.17) is 11.6 Å². The minimum absolute atomic E-state index is 0.0187. The van der Waals surface area contributed by atoms with E-state index in [-0.39, 0.29) is 23.3 Å². The number of carbonyl (C=O) groups is 2. The van der Waals surface area contributed by atoms with E-state index in [1.54, 1.807) is 6.07 Å². The molecule has 0 saturated carbocycles. The number of halogens is 2. The molecule has 0 bridgehead atoms. The molecule has 0 aliphatic heterocycles. The zero-order valence-corrected chi connectivity index (χ0v) is 16.7. The molecule has 0 radical (unpaired) electrons. The van der Waals surface area contributed by atoms with E-state index in [1.807, 2.05) is 47.3 Å². The Morgan fingerprint density at radius 1 is 1.21 bits per heavy atom. The maximum Gasteiger partial charge on any atom is 0.180 e. The molecule has 29 heavy (non-hydrogen) atoms. The summed E-state index contributed by atoms with van der Waals surface area (Å²) in [4.78, 5) is 25.0. The second kappa shape index (κ2) is 7.88. The lowest BCUT2D eigenvalue weighted by atomic mass is 9.92. The summed E-state index contributed by atoms with van der Waals surface area (Å²) in [6.07, 6.45) is 4.70. The standard InChI is InChI=1S/C24H20ClFNO2/c1-15(28)23-14-27(13-16-3-2-4-20(25)9-16)8-7-17(23)10-19-11-18-12-21(26)5-6-22(18)24(19)29/h2-9,12,14,19H,10-11,13H2,1H3/q+1. The van der Waals surface area contributed by atoms with Crippen LogP contribution in [0, 0.1) is 11.7 Å². The van der Waals surface area contributed by atoms with Crippen LogP contribution in [0.25, 0.3) is 0 Å². The summed E-state index contributed by atoms with van der Waals surface area (Å²) in [5.41, 5.74) is 3.81. The van der Waals surface area contributed by atoms with Gasteiger partial charge in [0.25, 0.3) is 0 Å². The van der Waals surface area contributed by atoms with Crippen molar-refractivity contribution in [3.8, 4) is 0 Å². The van der Waals surface area contributed by atoms with Gasteiger partial charge < -0.3 is 0 Å². The maximum absolute atomic E-state index is 13.5. The Hall–Kier alpha value is -2.85. The third-order valence-corrected chi connectivity index (χ3v) is 5.61. The van der Waals surface area contributed by atoms with Gasteiger partial charge in [0, 0.05) is 28.1 Å². The van der Waals surface area contributed by atoms with Crippen LogP contribution in [0.1, 0.15) is 44.3 Å². The quantitative estimate of drug-likeness (QED) is 0.456. The smallest absolute Gasteiger partial charge is 0.180 e. The average molecular weight is 409 g/mol. The summed E-state index contributed by atoms with van der Waals surface area (Å²) >= 11 is 6.06. The minimum atomic E-state index is -0.330. The van der Waals surface area contributed by atoms with Gasteiger partial charge in [-0.1, -0.05) is 23.7 Å². The van der Waals surface area contributed by atoms with Crippen LogP contribution in [-0.4, -0.2) is 11.6 Å². The molecule has 1 aliphatic carbocycles. The van der Waals surface area contributed by atoms with Crippen molar-refractivity contribution < 1.29 is 18.5 Å². The highest BCUT2D eigenvalue weighted by atomic mass is 35.5. The van der Waals surface area contributed by atoms with Crippen molar-refractivity contribution >= 4 is 23.2 Å². The summed E-state index contributed by atoms with van der Waals surface area (Å²) in [5, 5.41) is 0.669. The Bertz CT molecular complexity index is 1130. The number of fused-ring (bicyclic) bond motifs is 1. The first-order valence-electron chi connectivity index (χ1n) is 9.50. The molecule has 2 aromatic carbocycles. The molecule has 5 heteroatoms. The molecule has 0 fully saturated rings. The van der Waals surface area contributed by atoms with Gasteiger partial charge in [-0.3, -0.25) is 9.59 Å². The second-order valence-electron chi connectivity index (χ2n) is 7.51. The Kier molecular flexibility index (Phi) is 5.29. The number of aromatic nitrogens is 1. The van der Waals surface area contributed by atoms with Crippen molar-refractivity contribution in [2.75, 3.05) is 0 Å². The van der Waals surface area contributed by atoms with Crippen LogP contribution in [-0.2, 0) is 19.4 Å². The molecular formula is C24H20ClFNO2+. The Morgan fingerprint density at radius 2 is 2.03 bits per heavy atom. The van der Waals surface area contributed by atoms with E-state index in [9.17, 15) is 14.0 Å². The molecule has 0 amide bonds. The predicted molar refractivity (Wildman–Crippen MR) is 109 cm³/mol. The number of nitrogens with zero attached hydrogens (tertiary/aromatic N) is 1. The van der Waals surface area contributed by atoms with Gasteiger partial charge in [0.15, 0.2) is 30.5 Å². The van der Waals surface area contributed by atoms with Crippen LogP contribution in [0.5, 0.6) is 0 Å². The topological polar surface area (TPSA) is 38.0 Å². The summed E-state index contributed by atoms with van der Waals surface area (Å²) < 4.78 is 15.4. The molecule has 4 rings (SSSR count). The summed E-state index contributed by atoms with van der Waals surface area (Å²) in [5.74, 6) is -0.628. The number of Topliss-reactive ketones (excluding diaryl/α,β-unsaturated/α-hetero) is 2. The number of benzene rings is 2. The molecule has 3 nitrogen and oxygen atoms in total. The Labute approximate surface area is 173 Å². The van der Waals surface area contributed by atoms with Crippen molar-refractivity contribution in [1.29, 1.82) is 0 Å². The van der Waals surface area contributed by atoms with E-state index in [1.165, 1.54) is 19.1 Å². The molecule has 0 N–H and O–H groups in total. The van der Waals surface area contributed by atoms with E-state index < -0.39 is 0 Å². The SMILES string of the molecule is CC(=O)c1c[n+](Cc2cccc(Cl)c2)ccc1CC1Cc2cc(F)ccc2C1=O. The van der Waals surface area contributed by atoms with Gasteiger partial charge in [-0.2, -0.15) is 0 Å². The first-order chi connectivity index (χ1) is 13.9. The number of rotatable bonds is 5. The zero-order valence-electron chi connectivity index (χ0n) is 16.0. The fourth-order valence-corrected chi connectivity index (χ4v) is 4.20. The highest BCUT2D eigenvalue weighted by molar-refractivity contribution is 6.30. The van der Waals surface area contributed by atoms with Crippen molar-refractivity contribution in [3.05, 3.63) is 99.6 Å². The van der Waals surface area contributed by atoms with Gasteiger partial charge in [-0.15, -0.1) is 0 Å². The van der Waals surface area contributed by atoms with Gasteiger partial charge in [0.1, 0.15) is 5.82 Å². The van der Waals surface area contributed by atoms with Gasteiger partial charge >= 0.3 is 0 Å². The molecular weight excluding hydrogens is 389 g/mol. The third kappa shape index (κ3) is 4.13. The van der Waals surface area contributed by atoms with Crippen molar-refractivity contribution in [1.82, 2.24) is 0 Å². The highest BCUT2D eigenvalue weighted by Gasteiger charge is 2.32. The lowest BCUT2D eigenvalue weighted by Crippen LogP contribution is -2.35. The lowest BCUT2D eigenvalue weighted by Gasteiger charge is -2.11. The minimum Gasteiger partial charge on any atom is -0.294 e. The summed E-state index contributed by atoms with van der Waals surface area (Å²) in [6, 6.07) is 13.8. The third-order valence-electron chi connectivity index (χ3n) is 5.38. The fraction of sp³-hybridized carbons (Fsp3) is 0.208. The Morgan fingerprint density at radius 3 is 2.79 bits per heavy atom. The van der Waals surface area contributed by atoms with Crippen LogP contribution in [0.4, 0.5) is 4.39 Å². The highest BCUT2D eigenvalue weighted by Crippen LogP contribution is 2.30. The largest absolute Gasteiger partial charge is 0.294 e. The number of hydrogen-bond acceptors (Lipinski definition) is 2. The lowest BCUT2D eigenvalue weighted by molar-refractivity contribution is -0.688. The van der Waals surface area contributed by atoms with Crippen molar-refractivity contribution in [3.63, 3.8) is 0 Å². The first kappa shape index (κ1) is 19.5. The van der Waals surface area contributed by atoms with Gasteiger partial charge in [0.2, 0.25) is 0 Å². The molecule has 1 aliphatic rings. The molecule has 3 aromatic rings. The maximum atomic E-state index is 13.5. The van der Waals surface area contributed by atoms with Gasteiger partial charge in [-0.05, 0) is 61.2 Å². The monoisotopic (exact) mass is 408 g/mol. The predicted octanol–water partition coefficient (Wildman–Crippen LogP) is 4.62. The second-order valence-corrected chi connectivity index (χ2v) is 7.95. The van der Waals surface area contributed by atoms with E-state index in [2.05, 4.69) is 0 Å². The number of hydrogen-bond donors (Lipinski definition) is 0. The molecule has 146 valence electrons. The number of carbonyl (C=O) groups excluding carboxylic acids is 2. The molecule has 1 atom stereocenters. The van der Waals surface area contributed by atoms with Crippen LogP contribution < -0.4 is 4.57 Å². The van der Waals surface area contributed by atoms with Crippen molar-refractivity contribution in [2.45, 2.75) is 26.3 Å². The van der Waals surface area contributed by atoms with E-state index in [0.717, 1.165) is 16.7 Å². The molecule has 0 saturated heterocycles. The van der Waals surface area contributed by atoms with Crippen LogP contribution in [0.15, 0.2) is 60.9 Å². The molecule has 1 heterocycles. The van der Waals surface area contributed by atoms with Gasteiger partial charge in [0.05, 0.1) is 5.56 Å². The molecule has 0 spiro atoms. The van der Waals surface area contributed by atoms with E-state index in [0.29, 0.717) is 35.5 Å². The average Bonchev–Trinajstić information content (AvgIpc) is 2.97. The van der Waals surface area contributed by atoms with Crippen molar-refractivity contribution in [2.24, 2.45) is 5.92 Å². The first-order valence-corrected chi connectivity index (χ1v) is 9.88. The normalized spacial score (nSPS) is 15.4.